The van der Waals surface area contributed by atoms with Crippen LogP contribution in [-0.4, -0.2) is 133 Å². The van der Waals surface area contributed by atoms with Gasteiger partial charge in [-0.3, -0.25) is 0 Å². The van der Waals surface area contributed by atoms with E-state index < -0.39 is 0 Å². The van der Waals surface area contributed by atoms with Crippen LogP contribution >= 0.6 is 0 Å². The molecule has 0 heterocycles. The molecule has 0 radical (unpaired) electrons. The summed E-state index contributed by atoms with van der Waals surface area (Å²) in [5, 5.41) is 0. The zero-order chi connectivity index (χ0) is 0. The van der Waals surface area contributed by atoms with Crippen LogP contribution < -0.4 is 0 Å². The number of hydrogen-bond acceptors (Lipinski definition) is 0. The molecule has 0 aromatic carbocycles. The van der Waals surface area contributed by atoms with Gasteiger partial charge in [-0.1, -0.05) is 0 Å². The van der Waals surface area contributed by atoms with Crippen molar-refractivity contribution in [3.8, 4) is 0 Å². The number of rotatable bonds is 0. The van der Waals surface area contributed by atoms with Gasteiger partial charge in [-0.25, -0.2) is 0 Å². The molecule has 9 nitrogen and oxygen atoms in total. The fraction of sp³-hybridized carbons (Fsp3) is 0. The summed E-state index contributed by atoms with van der Waals surface area (Å²) < 4.78 is 0. The molecular weight excluding hydrogens is 742 g/mol. The van der Waals surface area contributed by atoms with Gasteiger partial charge >= 0.3 is 198 Å². The fourth-order valence-corrected chi connectivity index (χ4v) is 0. The second-order valence-corrected chi connectivity index (χ2v) is 0. The SMILES string of the molecule is [Ba+2].[Ba+2].[Ge+4].[Ge+4].[O-2].[O-2].[O-2].[O-2].[O-2].[O-2].[O-2].[O-2].[O-2].[Y+3].[Y+3]. The van der Waals surface area contributed by atoms with Crippen molar-refractivity contribution in [3.63, 3.8) is 0 Å². The first-order chi connectivity index (χ1) is 0. The molecule has 0 aromatic rings. The first-order valence-corrected chi connectivity index (χ1v) is 0. The van der Waals surface area contributed by atoms with Crippen molar-refractivity contribution in [2.75, 3.05) is 0 Å². The van der Waals surface area contributed by atoms with Crippen LogP contribution in [0.5, 0.6) is 0 Å². The smallest absolute Gasteiger partial charge is 2.00 e. The van der Waals surface area contributed by atoms with Gasteiger partial charge in [-0.15, -0.1) is 0 Å². The summed E-state index contributed by atoms with van der Waals surface area (Å²) >= 11 is 0. The molecule has 0 aliphatic rings. The second kappa shape index (κ2) is 198. The third kappa shape index (κ3) is 178. The van der Waals surface area contributed by atoms with Crippen molar-refractivity contribution < 1.29 is 115 Å². The van der Waals surface area contributed by atoms with Gasteiger partial charge in [0.1, 0.15) is 0 Å². The Morgan fingerprint density at radius 3 is 0.267 bits per heavy atom. The van der Waals surface area contributed by atoms with Crippen molar-refractivity contribution >= 4 is 133 Å². The average Bonchev–Trinajstić information content (AvgIpc) is 0. The van der Waals surface area contributed by atoms with Crippen LogP contribution in [0, 0.1) is 0 Å². The third-order valence-corrected chi connectivity index (χ3v) is 0. The molecule has 0 fully saturated rings. The molecule has 0 aliphatic heterocycles. The maximum atomic E-state index is 0. The topological polar surface area (TPSA) is 256 Å². The molecule has 0 N–H and O–H groups in total. The minimum absolute atomic E-state index is 0. The van der Waals surface area contributed by atoms with Gasteiger partial charge in [0.25, 0.3) is 0 Å². The van der Waals surface area contributed by atoms with Gasteiger partial charge in [0.15, 0.2) is 0 Å². The molecule has 0 aliphatic carbocycles. The predicted octanol–water partition coefficient (Wildman–Crippen LogP) is -2.60. The van der Waals surface area contributed by atoms with E-state index >= 15 is 0 Å². The van der Waals surface area contributed by atoms with Crippen molar-refractivity contribution in [1.82, 2.24) is 0 Å². The predicted molar refractivity (Wildman–Crippen MR) is 29.2 cm³/mol. The Balaban J connectivity index is 0. The molecule has 15 heteroatoms. The van der Waals surface area contributed by atoms with Crippen molar-refractivity contribution in [1.29, 1.82) is 0 Å². The Morgan fingerprint density at radius 2 is 0.267 bits per heavy atom. The van der Waals surface area contributed by atoms with E-state index in [1.807, 2.05) is 0 Å². The van der Waals surface area contributed by atoms with Crippen LogP contribution in [0.4, 0.5) is 0 Å². The summed E-state index contributed by atoms with van der Waals surface area (Å²) in [6.45, 7) is 0. The van der Waals surface area contributed by atoms with Gasteiger partial charge in [-0.2, -0.15) is 0 Å². The van der Waals surface area contributed by atoms with E-state index in [2.05, 4.69) is 0 Å². The zero-order valence-electron chi connectivity index (χ0n) is 7.24. The Bertz CT molecular complexity index is 24.1. The monoisotopic (exact) mass is 745 g/mol. The molecule has 0 atom stereocenters. The summed E-state index contributed by atoms with van der Waals surface area (Å²) in [7, 11) is 0. The quantitative estimate of drug-likeness (QED) is 0.232. The summed E-state index contributed by atoms with van der Waals surface area (Å²) in [6, 6.07) is 0. The maximum Gasteiger partial charge on any atom is 4.00 e. The molecule has 0 rings (SSSR count). The van der Waals surface area contributed by atoms with Crippen LogP contribution in [0.2, 0.25) is 0 Å². The maximum absolute atomic E-state index is 0. The van der Waals surface area contributed by atoms with E-state index in [0.29, 0.717) is 0 Å². The van der Waals surface area contributed by atoms with Gasteiger partial charge in [0.2, 0.25) is 0 Å². The molecule has 72 valence electrons. The van der Waals surface area contributed by atoms with Gasteiger partial charge in [0, 0.05) is 0 Å². The largest absolute Gasteiger partial charge is 4.00 e. The molecule has 15 heavy (non-hydrogen) atoms. The van der Waals surface area contributed by atoms with Crippen molar-refractivity contribution in [2.24, 2.45) is 0 Å². The Morgan fingerprint density at radius 1 is 0.267 bits per heavy atom. The molecule has 0 unspecified atom stereocenters. The molecule has 0 amide bonds. The van der Waals surface area contributed by atoms with Gasteiger partial charge in [-0.05, 0) is 0 Å². The van der Waals surface area contributed by atoms with Crippen LogP contribution in [0.15, 0.2) is 0 Å². The minimum atomic E-state index is 0. The molecule has 0 spiro atoms. The minimum Gasteiger partial charge on any atom is -2.00 e. The average molecular weight is 742 g/mol. The summed E-state index contributed by atoms with van der Waals surface area (Å²) in [5.74, 6) is 0. The second-order valence-electron chi connectivity index (χ2n) is 0. The first kappa shape index (κ1) is 230. The number of hydrogen-bond donors (Lipinski definition) is 0. The van der Waals surface area contributed by atoms with E-state index in [4.69, 9.17) is 0 Å². The third-order valence-electron chi connectivity index (χ3n) is 0. The fourth-order valence-electron chi connectivity index (χ4n) is 0. The van der Waals surface area contributed by atoms with Crippen molar-refractivity contribution in [3.05, 3.63) is 0 Å². The van der Waals surface area contributed by atoms with Gasteiger partial charge < -0.3 is 49.3 Å². The Kier molecular flexibility index (Phi) is 3040. The van der Waals surface area contributed by atoms with E-state index in [1.54, 1.807) is 0 Å². The van der Waals surface area contributed by atoms with Crippen molar-refractivity contribution in [2.45, 2.75) is 0 Å². The summed E-state index contributed by atoms with van der Waals surface area (Å²) in [6.07, 6.45) is 0. The van der Waals surface area contributed by atoms with Crippen LogP contribution in [0.1, 0.15) is 0 Å². The Labute approximate surface area is 241 Å². The Hall–Kier alpha value is 6.08. The van der Waals surface area contributed by atoms with Crippen LogP contribution in [0.25, 0.3) is 0 Å². The molecule has 0 aromatic heterocycles. The molecule has 0 bridgehead atoms. The van der Waals surface area contributed by atoms with Crippen LogP contribution in [-0.2, 0) is 115 Å². The molecule has 0 saturated heterocycles. The summed E-state index contributed by atoms with van der Waals surface area (Å²) in [5.41, 5.74) is 0. The standard InChI is InChI=1S/2Ba.2Ge.9O.2Y/q2*+2;2*+4;9*-2;2*+3. The van der Waals surface area contributed by atoms with E-state index in [0.717, 1.165) is 0 Å². The molecular formula is Ba2Ge2O9Y2. The molecule has 0 saturated carbocycles. The summed E-state index contributed by atoms with van der Waals surface area (Å²) in [4.78, 5) is 0. The van der Waals surface area contributed by atoms with Crippen LogP contribution in [0.3, 0.4) is 0 Å². The van der Waals surface area contributed by atoms with E-state index in [-0.39, 0.29) is 248 Å². The zero-order valence-corrected chi connectivity index (χ0v) is 26.0. The van der Waals surface area contributed by atoms with Gasteiger partial charge in [0.05, 0.1) is 0 Å². The van der Waals surface area contributed by atoms with E-state index in [9.17, 15) is 0 Å². The first-order valence-electron chi connectivity index (χ1n) is 0. The normalized spacial score (nSPS) is 0. The van der Waals surface area contributed by atoms with E-state index in [1.165, 1.54) is 0 Å².